The number of nitrogens with two attached hydrogens (primary N) is 1. The van der Waals surface area contributed by atoms with E-state index in [9.17, 15) is 9.59 Å². The quantitative estimate of drug-likeness (QED) is 0.266. The van der Waals surface area contributed by atoms with Gasteiger partial charge in [-0.25, -0.2) is 0 Å². The molecule has 0 spiro atoms. The summed E-state index contributed by atoms with van der Waals surface area (Å²) in [6.45, 7) is 3.76. The van der Waals surface area contributed by atoms with E-state index < -0.39 is 0 Å². The van der Waals surface area contributed by atoms with Crippen LogP contribution in [0.15, 0.2) is 42.6 Å². The zero-order chi connectivity index (χ0) is 25.3. The zero-order valence-electron chi connectivity index (χ0n) is 21.0. The molecule has 2 aromatic heterocycles. The van der Waals surface area contributed by atoms with Crippen molar-refractivity contribution in [1.29, 1.82) is 0 Å². The summed E-state index contributed by atoms with van der Waals surface area (Å²) in [6, 6.07) is 13.4. The molecule has 2 aliphatic rings. The van der Waals surface area contributed by atoms with Crippen molar-refractivity contribution in [3.05, 3.63) is 59.3 Å². The van der Waals surface area contributed by atoms with Gasteiger partial charge < -0.3 is 20.6 Å². The number of aromatic amines is 1. The first kappa shape index (κ1) is 22.5. The largest absolute Gasteiger partial charge is 0.354 e. The molecule has 0 saturated heterocycles. The highest BCUT2D eigenvalue weighted by atomic mass is 16.2. The molecule has 5 aromatic rings. The first-order valence-corrected chi connectivity index (χ1v) is 13.4. The summed E-state index contributed by atoms with van der Waals surface area (Å²) in [5.74, 6) is -0.632. The number of hydrogen-bond donors (Lipinski definition) is 4. The van der Waals surface area contributed by atoms with Crippen molar-refractivity contribution in [3.63, 3.8) is 0 Å². The Kier molecular flexibility index (Phi) is 5.13. The van der Waals surface area contributed by atoms with E-state index in [0.717, 1.165) is 88.7 Å². The number of aromatic nitrogens is 2. The van der Waals surface area contributed by atoms with Crippen LogP contribution in [-0.4, -0.2) is 40.0 Å². The van der Waals surface area contributed by atoms with Crippen molar-refractivity contribution in [2.24, 2.45) is 5.73 Å². The Bertz CT molecular complexity index is 1740. The fourth-order valence-electron chi connectivity index (χ4n) is 6.64. The van der Waals surface area contributed by atoms with E-state index in [1.54, 1.807) is 0 Å². The van der Waals surface area contributed by atoms with Crippen molar-refractivity contribution in [2.45, 2.75) is 57.7 Å². The molecule has 37 heavy (non-hydrogen) atoms. The molecule has 3 heterocycles. The molecule has 0 radical (unpaired) electrons. The van der Waals surface area contributed by atoms with Crippen molar-refractivity contribution in [2.75, 3.05) is 6.54 Å². The van der Waals surface area contributed by atoms with Crippen LogP contribution in [0.25, 0.3) is 43.5 Å². The van der Waals surface area contributed by atoms with Gasteiger partial charge in [-0.1, -0.05) is 30.3 Å². The number of benzene rings is 3. The fraction of sp³-hybridized carbons (Fsp3) is 0.333. The molecule has 0 bridgehead atoms. The normalized spacial score (nSPS) is 19.9. The lowest BCUT2D eigenvalue weighted by Crippen LogP contribution is -2.38. The van der Waals surface area contributed by atoms with Crippen LogP contribution in [0, 0.1) is 0 Å². The predicted molar refractivity (Wildman–Crippen MR) is 148 cm³/mol. The molecule has 5 N–H and O–H groups in total. The molecule has 1 aliphatic heterocycles. The molecule has 2 amide bonds. The number of carbonyl (C=O) groups excluding carboxylic acids is 2. The molecule has 0 unspecified atom stereocenters. The van der Waals surface area contributed by atoms with Crippen LogP contribution < -0.4 is 16.4 Å². The number of nitrogens with one attached hydrogen (secondary N) is 3. The number of fused-ring (bicyclic) bond motifs is 10. The van der Waals surface area contributed by atoms with Gasteiger partial charge in [0.25, 0.3) is 11.8 Å². The van der Waals surface area contributed by atoms with E-state index in [0.29, 0.717) is 23.2 Å². The summed E-state index contributed by atoms with van der Waals surface area (Å²) in [6.07, 6.45) is 7.36. The average Bonchev–Trinajstić information content (AvgIpc) is 3.58. The predicted octanol–water partition coefficient (Wildman–Crippen LogP) is 4.73. The van der Waals surface area contributed by atoms with Gasteiger partial charge in [-0.05, 0) is 57.2 Å². The van der Waals surface area contributed by atoms with Gasteiger partial charge in [0.05, 0.1) is 22.2 Å². The maximum atomic E-state index is 13.2. The molecule has 7 nitrogen and oxygen atoms in total. The minimum absolute atomic E-state index is 0.315. The Morgan fingerprint density at radius 2 is 1.70 bits per heavy atom. The highest BCUT2D eigenvalue weighted by Gasteiger charge is 2.34. The number of H-pyrrole nitrogens is 1. The summed E-state index contributed by atoms with van der Waals surface area (Å²) in [4.78, 5) is 30.1. The summed E-state index contributed by atoms with van der Waals surface area (Å²) < 4.78 is 2.15. The Labute approximate surface area is 214 Å². The molecule has 7 heteroatoms. The van der Waals surface area contributed by atoms with Gasteiger partial charge in [0.2, 0.25) is 0 Å². The summed E-state index contributed by atoms with van der Waals surface area (Å²) in [7, 11) is 0. The lowest BCUT2D eigenvalue weighted by Gasteiger charge is -2.27. The molecule has 7 rings (SSSR count). The summed E-state index contributed by atoms with van der Waals surface area (Å²) in [5.41, 5.74) is 11.2. The number of aryl methyl sites for hydroxylation is 1. The van der Waals surface area contributed by atoms with Gasteiger partial charge >= 0.3 is 0 Å². The molecule has 1 saturated carbocycles. The molecular formula is C30H31N5O2. The second-order valence-electron chi connectivity index (χ2n) is 10.6. The molecule has 188 valence electrons. The van der Waals surface area contributed by atoms with Gasteiger partial charge in [-0.3, -0.25) is 14.9 Å². The van der Waals surface area contributed by atoms with Crippen molar-refractivity contribution in [1.82, 2.24) is 20.2 Å². The maximum Gasteiger partial charge on any atom is 0.259 e. The molecule has 0 atom stereocenters. The highest BCUT2D eigenvalue weighted by Crippen LogP contribution is 2.42. The third-order valence-electron chi connectivity index (χ3n) is 8.49. The second kappa shape index (κ2) is 8.43. The Balaban J connectivity index is 1.41. The van der Waals surface area contributed by atoms with Gasteiger partial charge in [-0.2, -0.15) is 0 Å². The van der Waals surface area contributed by atoms with Crippen LogP contribution in [0.2, 0.25) is 0 Å². The Morgan fingerprint density at radius 1 is 0.946 bits per heavy atom. The monoisotopic (exact) mass is 493 g/mol. The van der Waals surface area contributed by atoms with E-state index in [1.807, 2.05) is 6.20 Å². The molecular weight excluding hydrogens is 462 g/mol. The van der Waals surface area contributed by atoms with E-state index in [-0.39, 0.29) is 11.8 Å². The number of rotatable bonds is 5. The summed E-state index contributed by atoms with van der Waals surface area (Å²) in [5, 5.41) is 11.0. The topological polar surface area (TPSA) is 105 Å². The van der Waals surface area contributed by atoms with Crippen LogP contribution in [0.5, 0.6) is 0 Å². The summed E-state index contributed by atoms with van der Waals surface area (Å²) >= 11 is 0. The minimum atomic E-state index is -0.318. The maximum absolute atomic E-state index is 13.2. The minimum Gasteiger partial charge on any atom is -0.354 e. The smallest absolute Gasteiger partial charge is 0.259 e. The van der Waals surface area contributed by atoms with Crippen LogP contribution >= 0.6 is 0 Å². The Morgan fingerprint density at radius 3 is 2.49 bits per heavy atom. The third kappa shape index (κ3) is 3.34. The number of hydrogen-bond acceptors (Lipinski definition) is 4. The SMILES string of the molecule is CCn1ccc2ccc3c4[nH]c5c(CCNC6CCC(N)CC6)cccc5c4c4c(c3c21)C(=O)NC4=O. The number of imide groups is 1. The van der Waals surface area contributed by atoms with Crippen molar-refractivity contribution in [3.8, 4) is 0 Å². The molecule has 1 fully saturated rings. The number of amides is 2. The number of nitrogens with zero attached hydrogens (tertiary/aromatic N) is 1. The number of carbonyl (C=O) groups is 2. The van der Waals surface area contributed by atoms with Crippen LogP contribution in [0.3, 0.4) is 0 Å². The Hall–Kier alpha value is -3.68. The zero-order valence-corrected chi connectivity index (χ0v) is 21.0. The van der Waals surface area contributed by atoms with Gasteiger partial charge in [0, 0.05) is 57.3 Å². The molecule has 3 aromatic carbocycles. The van der Waals surface area contributed by atoms with Crippen LogP contribution in [-0.2, 0) is 13.0 Å². The van der Waals surface area contributed by atoms with Crippen molar-refractivity contribution < 1.29 is 9.59 Å². The first-order chi connectivity index (χ1) is 18.0. The van der Waals surface area contributed by atoms with Crippen LogP contribution in [0.1, 0.15) is 58.9 Å². The van der Waals surface area contributed by atoms with Crippen molar-refractivity contribution >= 4 is 55.3 Å². The highest BCUT2D eigenvalue weighted by molar-refractivity contribution is 6.39. The van der Waals surface area contributed by atoms with E-state index in [1.165, 1.54) is 5.56 Å². The lowest BCUT2D eigenvalue weighted by molar-refractivity contribution is 0.0880. The van der Waals surface area contributed by atoms with E-state index >= 15 is 0 Å². The standard InChI is InChI=1S/C30H31N5O2/c1-2-35-15-13-17-6-11-21-23(28(17)35)25-24(29(36)34-30(25)37)22-20-5-3-4-16(26(20)33-27(21)22)12-14-32-19-9-7-18(31)8-10-19/h3-6,11,13,15,18-19,32-33H,2,7-10,12,14,31H2,1H3,(H,34,36,37). The van der Waals surface area contributed by atoms with Gasteiger partial charge in [-0.15, -0.1) is 0 Å². The fourth-order valence-corrected chi connectivity index (χ4v) is 6.64. The third-order valence-corrected chi connectivity index (χ3v) is 8.49. The lowest BCUT2D eigenvalue weighted by atomic mass is 9.91. The van der Waals surface area contributed by atoms with E-state index in [4.69, 9.17) is 5.73 Å². The van der Waals surface area contributed by atoms with Gasteiger partial charge in [0.1, 0.15) is 0 Å². The van der Waals surface area contributed by atoms with Gasteiger partial charge in [0.15, 0.2) is 0 Å². The number of para-hydroxylation sites is 1. The van der Waals surface area contributed by atoms with Crippen LogP contribution in [0.4, 0.5) is 0 Å². The first-order valence-electron chi connectivity index (χ1n) is 13.4. The average molecular weight is 494 g/mol. The second-order valence-corrected chi connectivity index (χ2v) is 10.6. The van der Waals surface area contributed by atoms with E-state index in [2.05, 4.69) is 63.5 Å². The molecule has 1 aliphatic carbocycles.